The average Bonchev–Trinajstić information content (AvgIpc) is 3.14. The topological polar surface area (TPSA) is 63.7 Å². The highest BCUT2D eigenvalue weighted by atomic mass is 79.9. The summed E-state index contributed by atoms with van der Waals surface area (Å²) in [5, 5.41) is 0. The second kappa shape index (κ2) is 9.09. The zero-order chi connectivity index (χ0) is 20.1. The van der Waals surface area contributed by atoms with E-state index in [1.54, 1.807) is 42.3 Å². The lowest BCUT2D eigenvalue weighted by atomic mass is 10.1. The Morgan fingerprint density at radius 1 is 1.21 bits per heavy atom. The van der Waals surface area contributed by atoms with Gasteiger partial charge in [-0.15, -0.1) is 0 Å². The Morgan fingerprint density at radius 2 is 1.96 bits per heavy atom. The van der Waals surface area contributed by atoms with E-state index in [-0.39, 0.29) is 17.7 Å². The third-order valence-corrected chi connectivity index (χ3v) is 7.49. The van der Waals surface area contributed by atoms with Crippen molar-refractivity contribution in [3.05, 3.63) is 58.6 Å². The summed E-state index contributed by atoms with van der Waals surface area (Å²) in [5.41, 5.74) is 1.04. The number of methoxy groups -OCH3 is 1. The van der Waals surface area contributed by atoms with Gasteiger partial charge >= 0.3 is 0 Å². The summed E-state index contributed by atoms with van der Waals surface area (Å²) < 4.78 is 31.4. The fourth-order valence-electron chi connectivity index (χ4n) is 3.57. The Labute approximate surface area is 174 Å². The maximum Gasteiger partial charge on any atom is 0.223 e. The first kappa shape index (κ1) is 20.9. The number of nitrogens with zero attached hydrogens (tertiary/aromatic N) is 1. The number of amides is 1. The van der Waals surface area contributed by atoms with Crippen LogP contribution in [0.2, 0.25) is 0 Å². The molecule has 1 aliphatic heterocycles. The van der Waals surface area contributed by atoms with Gasteiger partial charge in [0.1, 0.15) is 5.75 Å². The smallest absolute Gasteiger partial charge is 0.223 e. The highest BCUT2D eigenvalue weighted by molar-refractivity contribution is 9.10. The molecule has 3 rings (SSSR count). The molecule has 150 valence electrons. The number of hydrogen-bond acceptors (Lipinski definition) is 4. The SMILES string of the molecule is COc1ccc(CCC(=O)N2CCCC2CS(=O)(=O)c2ccccc2)cc1Br. The van der Waals surface area contributed by atoms with Crippen molar-refractivity contribution < 1.29 is 17.9 Å². The minimum Gasteiger partial charge on any atom is -0.496 e. The predicted molar refractivity (Wildman–Crippen MR) is 112 cm³/mol. The first-order valence-electron chi connectivity index (χ1n) is 9.30. The van der Waals surface area contributed by atoms with E-state index in [2.05, 4.69) is 15.9 Å². The number of ether oxygens (including phenoxy) is 1. The van der Waals surface area contributed by atoms with Gasteiger partial charge in [-0.05, 0) is 65.0 Å². The van der Waals surface area contributed by atoms with E-state index < -0.39 is 9.84 Å². The molecule has 2 aromatic carbocycles. The highest BCUT2D eigenvalue weighted by Gasteiger charge is 2.32. The molecule has 1 unspecified atom stereocenters. The van der Waals surface area contributed by atoms with Gasteiger partial charge in [0, 0.05) is 19.0 Å². The molecule has 28 heavy (non-hydrogen) atoms. The van der Waals surface area contributed by atoms with Crippen molar-refractivity contribution in [2.75, 3.05) is 19.4 Å². The number of aryl methyl sites for hydroxylation is 1. The largest absolute Gasteiger partial charge is 0.496 e. The van der Waals surface area contributed by atoms with E-state index in [4.69, 9.17) is 4.74 Å². The van der Waals surface area contributed by atoms with Gasteiger partial charge in [0.25, 0.3) is 0 Å². The van der Waals surface area contributed by atoms with Crippen molar-refractivity contribution in [2.45, 2.75) is 36.6 Å². The Hall–Kier alpha value is -1.86. The Balaban J connectivity index is 1.62. The molecule has 7 heteroatoms. The van der Waals surface area contributed by atoms with E-state index in [9.17, 15) is 13.2 Å². The molecule has 0 radical (unpaired) electrons. The molecule has 0 spiro atoms. The lowest BCUT2D eigenvalue weighted by Crippen LogP contribution is -2.39. The van der Waals surface area contributed by atoms with Gasteiger partial charge in [0.05, 0.1) is 22.2 Å². The molecule has 1 aliphatic rings. The molecule has 0 saturated carbocycles. The minimum atomic E-state index is -3.40. The molecular formula is C21H24BrNO4S. The van der Waals surface area contributed by atoms with Crippen LogP contribution in [0.5, 0.6) is 5.75 Å². The van der Waals surface area contributed by atoms with Crippen LogP contribution in [0.3, 0.4) is 0 Å². The van der Waals surface area contributed by atoms with Crippen molar-refractivity contribution in [1.29, 1.82) is 0 Å². The molecule has 1 heterocycles. The number of carbonyl (C=O) groups is 1. The van der Waals surface area contributed by atoms with Crippen LogP contribution in [-0.2, 0) is 21.1 Å². The van der Waals surface area contributed by atoms with Gasteiger partial charge in [-0.1, -0.05) is 24.3 Å². The Bertz CT molecular complexity index is 931. The minimum absolute atomic E-state index is 0.0118. The highest BCUT2D eigenvalue weighted by Crippen LogP contribution is 2.27. The molecule has 1 amide bonds. The van der Waals surface area contributed by atoms with E-state index in [1.165, 1.54) is 0 Å². The summed E-state index contributed by atoms with van der Waals surface area (Å²) in [7, 11) is -1.79. The molecule has 0 N–H and O–H groups in total. The number of carbonyl (C=O) groups excluding carboxylic acids is 1. The summed E-state index contributed by atoms with van der Waals surface area (Å²) in [6, 6.07) is 14.0. The molecule has 0 bridgehead atoms. The maximum atomic E-state index is 12.8. The number of sulfone groups is 1. The Kier molecular flexibility index (Phi) is 6.78. The summed E-state index contributed by atoms with van der Waals surface area (Å²) in [4.78, 5) is 14.8. The van der Waals surface area contributed by atoms with Crippen LogP contribution in [0.25, 0.3) is 0 Å². The maximum absolute atomic E-state index is 12.8. The number of halogens is 1. The van der Waals surface area contributed by atoms with Gasteiger partial charge in [0.2, 0.25) is 5.91 Å². The van der Waals surface area contributed by atoms with Crippen LogP contribution in [0.15, 0.2) is 57.9 Å². The number of hydrogen-bond donors (Lipinski definition) is 0. The molecule has 0 aliphatic carbocycles. The number of benzene rings is 2. The van der Waals surface area contributed by atoms with Gasteiger partial charge in [0.15, 0.2) is 9.84 Å². The van der Waals surface area contributed by atoms with Crippen molar-refractivity contribution in [3.8, 4) is 5.75 Å². The van der Waals surface area contributed by atoms with E-state index in [0.29, 0.717) is 24.3 Å². The molecule has 1 saturated heterocycles. The van der Waals surface area contributed by atoms with E-state index >= 15 is 0 Å². The summed E-state index contributed by atoms with van der Waals surface area (Å²) in [6.45, 7) is 0.625. The van der Waals surface area contributed by atoms with Crippen molar-refractivity contribution in [3.63, 3.8) is 0 Å². The van der Waals surface area contributed by atoms with Crippen LogP contribution >= 0.6 is 15.9 Å². The van der Waals surface area contributed by atoms with Gasteiger partial charge < -0.3 is 9.64 Å². The van der Waals surface area contributed by atoms with E-state index in [0.717, 1.165) is 28.6 Å². The van der Waals surface area contributed by atoms with Gasteiger partial charge in [-0.25, -0.2) is 8.42 Å². The van der Waals surface area contributed by atoms with Crippen LogP contribution in [0.4, 0.5) is 0 Å². The first-order valence-corrected chi connectivity index (χ1v) is 11.7. The number of rotatable bonds is 7. The molecule has 1 atom stereocenters. The predicted octanol–water partition coefficient (Wildman–Crippen LogP) is 3.86. The van der Waals surface area contributed by atoms with Gasteiger partial charge in [-0.3, -0.25) is 4.79 Å². The zero-order valence-electron chi connectivity index (χ0n) is 15.8. The van der Waals surface area contributed by atoms with Crippen LogP contribution < -0.4 is 4.74 Å². The first-order chi connectivity index (χ1) is 13.4. The third-order valence-electron chi connectivity index (χ3n) is 5.06. The van der Waals surface area contributed by atoms with Gasteiger partial charge in [-0.2, -0.15) is 0 Å². The second-order valence-corrected chi connectivity index (χ2v) is 9.84. The van der Waals surface area contributed by atoms with Crippen LogP contribution in [-0.4, -0.2) is 44.7 Å². The lowest BCUT2D eigenvalue weighted by Gasteiger charge is -2.25. The fraction of sp³-hybridized carbons (Fsp3) is 0.381. The lowest BCUT2D eigenvalue weighted by molar-refractivity contribution is -0.131. The molecule has 0 aromatic heterocycles. The van der Waals surface area contributed by atoms with E-state index in [1.807, 2.05) is 18.2 Å². The normalized spacial score (nSPS) is 16.9. The fourth-order valence-corrected chi connectivity index (χ4v) is 5.78. The molecule has 5 nitrogen and oxygen atoms in total. The summed E-state index contributed by atoms with van der Waals surface area (Å²) in [5.74, 6) is 0.745. The molecule has 1 fully saturated rings. The van der Waals surface area contributed by atoms with Crippen molar-refractivity contribution in [1.82, 2.24) is 4.90 Å². The zero-order valence-corrected chi connectivity index (χ0v) is 18.2. The third kappa shape index (κ3) is 4.94. The summed E-state index contributed by atoms with van der Waals surface area (Å²) >= 11 is 3.46. The second-order valence-electron chi connectivity index (χ2n) is 6.95. The Morgan fingerprint density at radius 3 is 2.64 bits per heavy atom. The number of likely N-dealkylation sites (tertiary alicyclic amines) is 1. The molecular weight excluding hydrogens is 442 g/mol. The van der Waals surface area contributed by atoms with Crippen molar-refractivity contribution in [2.24, 2.45) is 0 Å². The van der Waals surface area contributed by atoms with Crippen molar-refractivity contribution >= 4 is 31.7 Å². The summed E-state index contributed by atoms with van der Waals surface area (Å²) in [6.07, 6.45) is 2.54. The quantitative estimate of drug-likeness (QED) is 0.622. The standard InChI is InChI=1S/C21H24BrNO4S/c1-27-20-11-9-16(14-19(20)22)10-12-21(24)23-13-5-6-17(23)15-28(25,26)18-7-3-2-4-8-18/h2-4,7-9,11,14,17H,5-6,10,12-13,15H2,1H3. The van der Waals surface area contributed by atoms with Crippen LogP contribution in [0, 0.1) is 0 Å². The average molecular weight is 466 g/mol. The van der Waals surface area contributed by atoms with Crippen LogP contribution in [0.1, 0.15) is 24.8 Å². The monoisotopic (exact) mass is 465 g/mol. The molecule has 2 aromatic rings.